The molecule has 3 nitrogen and oxygen atoms in total. The second-order valence-electron chi connectivity index (χ2n) is 4.80. The van der Waals surface area contributed by atoms with Crippen molar-refractivity contribution < 1.29 is 9.50 Å². The second-order valence-corrected chi connectivity index (χ2v) is 4.80. The fourth-order valence-electron chi connectivity index (χ4n) is 2.13. The van der Waals surface area contributed by atoms with E-state index in [4.69, 9.17) is 5.73 Å². The second kappa shape index (κ2) is 4.03. The van der Waals surface area contributed by atoms with E-state index in [1.165, 1.54) is 12.1 Å². The van der Waals surface area contributed by atoms with E-state index in [1.807, 2.05) is 6.92 Å². The van der Waals surface area contributed by atoms with Gasteiger partial charge >= 0.3 is 0 Å². The number of rotatable bonds is 2. The van der Waals surface area contributed by atoms with Crippen LogP contribution in [0.3, 0.4) is 0 Å². The molecule has 1 aliphatic rings. The number of likely N-dealkylation sites (tertiary alicyclic amines) is 1. The lowest BCUT2D eigenvalue weighted by atomic mass is 10.1. The van der Waals surface area contributed by atoms with Crippen LogP contribution in [0.15, 0.2) is 18.2 Å². The predicted octanol–water partition coefficient (Wildman–Crippen LogP) is 1.36. The number of benzene rings is 1. The highest BCUT2D eigenvalue weighted by molar-refractivity contribution is 5.46. The first-order chi connectivity index (χ1) is 7.46. The van der Waals surface area contributed by atoms with Gasteiger partial charge in [0.2, 0.25) is 0 Å². The number of hydrogen-bond donors (Lipinski definition) is 2. The van der Waals surface area contributed by atoms with Crippen LogP contribution in [0.1, 0.15) is 18.9 Å². The topological polar surface area (TPSA) is 49.5 Å². The Morgan fingerprint density at radius 2 is 2.31 bits per heavy atom. The van der Waals surface area contributed by atoms with Gasteiger partial charge in [0.25, 0.3) is 0 Å². The molecular formula is C12H17FN2O. The van der Waals surface area contributed by atoms with Gasteiger partial charge in [-0.15, -0.1) is 0 Å². The van der Waals surface area contributed by atoms with Gasteiger partial charge in [0.1, 0.15) is 5.82 Å². The number of halogens is 1. The quantitative estimate of drug-likeness (QED) is 0.746. The van der Waals surface area contributed by atoms with Crippen LogP contribution in [0.25, 0.3) is 0 Å². The smallest absolute Gasteiger partial charge is 0.123 e. The molecule has 1 fully saturated rings. The van der Waals surface area contributed by atoms with Gasteiger partial charge in [-0.2, -0.15) is 0 Å². The van der Waals surface area contributed by atoms with Crippen molar-refractivity contribution >= 4 is 5.69 Å². The molecule has 16 heavy (non-hydrogen) atoms. The minimum absolute atomic E-state index is 0.268. The lowest BCUT2D eigenvalue weighted by Crippen LogP contribution is -2.29. The molecule has 2 rings (SSSR count). The molecule has 3 N–H and O–H groups in total. The van der Waals surface area contributed by atoms with E-state index < -0.39 is 5.60 Å². The van der Waals surface area contributed by atoms with Crippen molar-refractivity contribution in [1.82, 2.24) is 4.90 Å². The Hall–Kier alpha value is -1.13. The van der Waals surface area contributed by atoms with E-state index in [1.54, 1.807) is 6.07 Å². The molecule has 4 heteroatoms. The highest BCUT2D eigenvalue weighted by Gasteiger charge is 2.31. The van der Waals surface area contributed by atoms with Crippen molar-refractivity contribution in [3.8, 4) is 0 Å². The summed E-state index contributed by atoms with van der Waals surface area (Å²) in [6.07, 6.45) is 0.752. The van der Waals surface area contributed by atoms with Crippen molar-refractivity contribution in [2.75, 3.05) is 18.8 Å². The summed E-state index contributed by atoms with van der Waals surface area (Å²) in [6.45, 7) is 3.85. The summed E-state index contributed by atoms with van der Waals surface area (Å²) >= 11 is 0. The van der Waals surface area contributed by atoms with Gasteiger partial charge in [0, 0.05) is 25.3 Å². The highest BCUT2D eigenvalue weighted by Crippen LogP contribution is 2.24. The van der Waals surface area contributed by atoms with Crippen LogP contribution in [0.2, 0.25) is 0 Å². The number of nitrogen functional groups attached to an aromatic ring is 1. The number of nitrogens with zero attached hydrogens (tertiary/aromatic N) is 1. The third kappa shape index (κ3) is 2.51. The molecule has 1 unspecified atom stereocenters. The Morgan fingerprint density at radius 3 is 2.94 bits per heavy atom. The van der Waals surface area contributed by atoms with Gasteiger partial charge < -0.3 is 10.8 Å². The maximum Gasteiger partial charge on any atom is 0.123 e. The van der Waals surface area contributed by atoms with Crippen LogP contribution in [0.4, 0.5) is 10.1 Å². The first-order valence-electron chi connectivity index (χ1n) is 5.45. The minimum Gasteiger partial charge on any atom is -0.398 e. The van der Waals surface area contributed by atoms with E-state index in [0.717, 1.165) is 18.5 Å². The Kier molecular flexibility index (Phi) is 2.86. The summed E-state index contributed by atoms with van der Waals surface area (Å²) in [7, 11) is 0. The summed E-state index contributed by atoms with van der Waals surface area (Å²) in [4.78, 5) is 2.09. The van der Waals surface area contributed by atoms with Crippen molar-refractivity contribution in [3.05, 3.63) is 29.6 Å². The van der Waals surface area contributed by atoms with Crippen LogP contribution >= 0.6 is 0 Å². The summed E-state index contributed by atoms with van der Waals surface area (Å²) in [5, 5.41) is 9.82. The van der Waals surface area contributed by atoms with E-state index in [0.29, 0.717) is 18.8 Å². The number of hydrogen-bond acceptors (Lipinski definition) is 3. The molecule has 0 saturated carbocycles. The van der Waals surface area contributed by atoms with Crippen LogP contribution in [-0.2, 0) is 6.54 Å². The molecule has 0 aromatic heterocycles. The molecule has 1 heterocycles. The molecule has 0 amide bonds. The Morgan fingerprint density at radius 1 is 1.56 bits per heavy atom. The zero-order chi connectivity index (χ0) is 11.8. The lowest BCUT2D eigenvalue weighted by Gasteiger charge is -2.19. The van der Waals surface area contributed by atoms with Gasteiger partial charge in [-0.3, -0.25) is 4.90 Å². The van der Waals surface area contributed by atoms with Crippen molar-refractivity contribution in [3.63, 3.8) is 0 Å². The van der Waals surface area contributed by atoms with Crippen molar-refractivity contribution in [2.45, 2.75) is 25.5 Å². The Labute approximate surface area is 94.7 Å². The summed E-state index contributed by atoms with van der Waals surface area (Å²) in [5.74, 6) is -0.268. The van der Waals surface area contributed by atoms with E-state index >= 15 is 0 Å². The molecule has 1 saturated heterocycles. The first-order valence-corrected chi connectivity index (χ1v) is 5.45. The van der Waals surface area contributed by atoms with E-state index in [-0.39, 0.29) is 5.82 Å². The van der Waals surface area contributed by atoms with Gasteiger partial charge in [0.15, 0.2) is 0 Å². The van der Waals surface area contributed by atoms with E-state index in [2.05, 4.69) is 4.90 Å². The molecule has 0 radical (unpaired) electrons. The molecule has 0 bridgehead atoms. The fourth-order valence-corrected chi connectivity index (χ4v) is 2.13. The van der Waals surface area contributed by atoms with Crippen molar-refractivity contribution in [1.29, 1.82) is 0 Å². The molecule has 1 atom stereocenters. The standard InChI is InChI=1S/C12H17FN2O/c1-12(16)4-5-15(8-12)7-9-6-10(13)2-3-11(9)14/h2-3,6,16H,4-5,7-8,14H2,1H3. The van der Waals surface area contributed by atoms with Crippen LogP contribution in [0, 0.1) is 5.82 Å². The Bertz CT molecular complexity index is 393. The van der Waals surface area contributed by atoms with E-state index in [9.17, 15) is 9.50 Å². The number of anilines is 1. The number of aliphatic hydroxyl groups is 1. The third-order valence-corrected chi connectivity index (χ3v) is 3.03. The lowest BCUT2D eigenvalue weighted by molar-refractivity contribution is 0.0679. The Balaban J connectivity index is 2.07. The first kappa shape index (κ1) is 11.4. The molecule has 0 aliphatic carbocycles. The molecular weight excluding hydrogens is 207 g/mol. The molecule has 88 valence electrons. The maximum absolute atomic E-state index is 13.0. The zero-order valence-electron chi connectivity index (χ0n) is 9.41. The van der Waals surface area contributed by atoms with Gasteiger partial charge in [0.05, 0.1) is 5.60 Å². The van der Waals surface area contributed by atoms with Crippen molar-refractivity contribution in [2.24, 2.45) is 0 Å². The molecule has 1 aromatic carbocycles. The average molecular weight is 224 g/mol. The zero-order valence-corrected chi connectivity index (χ0v) is 9.41. The third-order valence-electron chi connectivity index (χ3n) is 3.03. The van der Waals surface area contributed by atoms with Gasteiger partial charge in [-0.25, -0.2) is 4.39 Å². The van der Waals surface area contributed by atoms with Crippen LogP contribution in [0.5, 0.6) is 0 Å². The number of nitrogens with two attached hydrogens (primary N) is 1. The summed E-state index contributed by atoms with van der Waals surface area (Å²) < 4.78 is 13.0. The van der Waals surface area contributed by atoms with Gasteiger partial charge in [-0.05, 0) is 37.1 Å². The highest BCUT2D eigenvalue weighted by atomic mass is 19.1. The van der Waals surface area contributed by atoms with Crippen LogP contribution < -0.4 is 5.73 Å². The molecule has 1 aromatic rings. The SMILES string of the molecule is CC1(O)CCN(Cc2cc(F)ccc2N)C1. The molecule has 0 spiro atoms. The largest absolute Gasteiger partial charge is 0.398 e. The summed E-state index contributed by atoms with van der Waals surface area (Å²) in [6, 6.07) is 4.40. The fraction of sp³-hybridized carbons (Fsp3) is 0.500. The normalized spacial score (nSPS) is 26.2. The minimum atomic E-state index is -0.623. The maximum atomic E-state index is 13.0. The predicted molar refractivity (Wildman–Crippen MR) is 61.3 cm³/mol. The number of β-amino-alcohol motifs (C(OH)–C–C–N with tert-alkyl or cyclic N) is 1. The summed E-state index contributed by atoms with van der Waals surface area (Å²) in [5.41, 5.74) is 6.55. The van der Waals surface area contributed by atoms with Crippen LogP contribution in [-0.4, -0.2) is 28.7 Å². The molecule has 1 aliphatic heterocycles. The average Bonchev–Trinajstić information content (AvgIpc) is 2.52. The van der Waals surface area contributed by atoms with Gasteiger partial charge in [-0.1, -0.05) is 0 Å². The monoisotopic (exact) mass is 224 g/mol.